The fourth-order valence-corrected chi connectivity index (χ4v) is 7.94. The van der Waals surface area contributed by atoms with Crippen molar-refractivity contribution in [3.8, 4) is 16.8 Å². The third-order valence-electron chi connectivity index (χ3n) is 10.4. The minimum Gasteiger partial charge on any atom is -0.397 e. The van der Waals surface area contributed by atoms with Gasteiger partial charge in [0.1, 0.15) is 0 Å². The number of nitrogens with two attached hydrogens (primary N) is 1. The first-order chi connectivity index (χ1) is 25.7. The van der Waals surface area contributed by atoms with Crippen LogP contribution in [-0.4, -0.2) is 14.8 Å². The molecular formula is C48H34N4. The van der Waals surface area contributed by atoms with Crippen LogP contribution in [0.1, 0.15) is 5.56 Å². The Hall–Kier alpha value is -6.91. The maximum Gasteiger partial charge on any atom is 0.0863 e. The number of hydrogen-bond acceptors (Lipinski definition) is 2. The molecule has 0 bridgehead atoms. The van der Waals surface area contributed by atoms with E-state index in [9.17, 15) is 0 Å². The van der Waals surface area contributed by atoms with Crippen molar-refractivity contribution in [3.05, 3.63) is 188 Å². The van der Waals surface area contributed by atoms with Crippen molar-refractivity contribution in [1.29, 1.82) is 0 Å². The summed E-state index contributed by atoms with van der Waals surface area (Å²) in [5.74, 6) is 0. The molecule has 0 radical (unpaired) electrons. The van der Waals surface area contributed by atoms with Crippen LogP contribution in [0.4, 0.5) is 11.4 Å². The van der Waals surface area contributed by atoms with E-state index in [1.54, 1.807) is 0 Å². The summed E-state index contributed by atoms with van der Waals surface area (Å²) in [5, 5.41) is 7.48. The molecule has 10 rings (SSSR count). The molecule has 0 amide bonds. The van der Waals surface area contributed by atoms with Crippen molar-refractivity contribution in [1.82, 2.24) is 9.13 Å². The Balaban J connectivity index is 1.16. The lowest BCUT2D eigenvalue weighted by Gasteiger charge is -2.13. The zero-order valence-electron chi connectivity index (χ0n) is 28.4. The predicted octanol–water partition coefficient (Wildman–Crippen LogP) is 12.1. The van der Waals surface area contributed by atoms with Gasteiger partial charge in [-0.05, 0) is 88.1 Å². The average Bonchev–Trinajstić information content (AvgIpc) is 3.71. The molecule has 0 saturated heterocycles. The number of fused-ring (bicyclic) bond motifs is 8. The van der Waals surface area contributed by atoms with Crippen molar-refractivity contribution >= 4 is 71.5 Å². The number of nitrogens with zero attached hydrogens (tertiary/aromatic N) is 3. The van der Waals surface area contributed by atoms with Crippen LogP contribution >= 0.6 is 0 Å². The molecule has 0 saturated carbocycles. The maximum absolute atomic E-state index is 6.38. The van der Waals surface area contributed by atoms with E-state index in [0.717, 1.165) is 22.6 Å². The fourth-order valence-electron chi connectivity index (χ4n) is 7.94. The summed E-state index contributed by atoms with van der Waals surface area (Å²) < 4.78 is 4.79. The number of hydrogen-bond donors (Lipinski definition) is 1. The summed E-state index contributed by atoms with van der Waals surface area (Å²) in [5.41, 5.74) is 18.1. The van der Waals surface area contributed by atoms with Crippen molar-refractivity contribution in [2.75, 3.05) is 5.73 Å². The van der Waals surface area contributed by atoms with Crippen LogP contribution in [0, 0.1) is 0 Å². The van der Waals surface area contributed by atoms with E-state index >= 15 is 0 Å². The number of anilines is 1. The van der Waals surface area contributed by atoms with E-state index in [1.807, 2.05) is 30.3 Å². The van der Waals surface area contributed by atoms with Gasteiger partial charge in [0.15, 0.2) is 0 Å². The highest BCUT2D eigenvalue weighted by molar-refractivity contribution is 6.22. The van der Waals surface area contributed by atoms with Gasteiger partial charge in [0.25, 0.3) is 0 Å². The van der Waals surface area contributed by atoms with Gasteiger partial charge in [-0.3, -0.25) is 0 Å². The molecule has 0 aliphatic heterocycles. The highest BCUT2D eigenvalue weighted by atomic mass is 15.0. The summed E-state index contributed by atoms with van der Waals surface area (Å²) in [7, 11) is 0. The Morgan fingerprint density at radius 2 is 1.10 bits per heavy atom. The lowest BCUT2D eigenvalue weighted by Crippen LogP contribution is -2.11. The molecule has 8 aromatic carbocycles. The third-order valence-corrected chi connectivity index (χ3v) is 10.4. The highest BCUT2D eigenvalue weighted by Crippen LogP contribution is 2.40. The van der Waals surface area contributed by atoms with E-state index in [4.69, 9.17) is 10.7 Å². The van der Waals surface area contributed by atoms with Crippen LogP contribution in [0.25, 0.3) is 71.2 Å². The Morgan fingerprint density at radius 3 is 1.90 bits per heavy atom. The third kappa shape index (κ3) is 4.88. The Bertz CT molecular complexity index is 2990. The standard InChI is InChI=1S/C48H34N4/c49-41-20-10-11-21-42(41)50-43(33-14-3-1-4-15-33)31-51-44-22-12-9-19-38(44)39-29-34(24-26-45(39)51)35-25-27-46-40(30-35)48-37-18-8-7-13-32(37)23-28-47(48)52(46)36-16-5-2-6-17-36/h1-30H,31,49H2/b50-43+. The molecule has 0 aliphatic rings. The molecule has 0 fully saturated rings. The summed E-state index contributed by atoms with van der Waals surface area (Å²) in [6.07, 6.45) is 0. The van der Waals surface area contributed by atoms with Gasteiger partial charge >= 0.3 is 0 Å². The van der Waals surface area contributed by atoms with Crippen LogP contribution in [0.5, 0.6) is 0 Å². The fraction of sp³-hybridized carbons (Fsp3) is 0.0208. The zero-order chi connectivity index (χ0) is 34.6. The SMILES string of the molecule is Nc1ccccc1/N=C(\Cn1c2ccccc2c2cc(-c3ccc4c(c3)c3c5ccccc5ccc3n4-c3ccccc3)ccc21)c1ccccc1. The van der Waals surface area contributed by atoms with Crippen molar-refractivity contribution in [3.63, 3.8) is 0 Å². The molecular weight excluding hydrogens is 633 g/mol. The van der Waals surface area contributed by atoms with E-state index < -0.39 is 0 Å². The van der Waals surface area contributed by atoms with Gasteiger partial charge in [0.2, 0.25) is 0 Å². The zero-order valence-corrected chi connectivity index (χ0v) is 28.4. The molecule has 4 heteroatoms. The molecule has 4 nitrogen and oxygen atoms in total. The van der Waals surface area contributed by atoms with Crippen molar-refractivity contribution in [2.45, 2.75) is 6.54 Å². The smallest absolute Gasteiger partial charge is 0.0863 e. The molecule has 2 aromatic heterocycles. The predicted molar refractivity (Wildman–Crippen MR) is 220 cm³/mol. The Kier molecular flexibility index (Phi) is 7.00. The lowest BCUT2D eigenvalue weighted by molar-refractivity contribution is 0.934. The molecule has 0 unspecified atom stereocenters. The molecule has 0 spiro atoms. The molecule has 2 heterocycles. The molecule has 246 valence electrons. The molecule has 52 heavy (non-hydrogen) atoms. The Labute approximate surface area is 301 Å². The van der Waals surface area contributed by atoms with E-state index in [-0.39, 0.29) is 0 Å². The van der Waals surface area contributed by atoms with E-state index in [2.05, 4.69) is 161 Å². The molecule has 2 N–H and O–H groups in total. The van der Waals surface area contributed by atoms with E-state index in [0.29, 0.717) is 12.2 Å². The van der Waals surface area contributed by atoms with E-state index in [1.165, 1.54) is 65.5 Å². The van der Waals surface area contributed by atoms with Crippen molar-refractivity contribution in [2.24, 2.45) is 4.99 Å². The van der Waals surface area contributed by atoms with Crippen LogP contribution in [0.2, 0.25) is 0 Å². The second-order valence-electron chi connectivity index (χ2n) is 13.4. The van der Waals surface area contributed by atoms with Gasteiger partial charge in [-0.15, -0.1) is 0 Å². The largest absolute Gasteiger partial charge is 0.397 e. The normalized spacial score (nSPS) is 12.1. The van der Waals surface area contributed by atoms with Crippen LogP contribution < -0.4 is 5.73 Å². The van der Waals surface area contributed by atoms with Crippen LogP contribution in [-0.2, 0) is 6.54 Å². The number of para-hydroxylation sites is 4. The maximum atomic E-state index is 6.38. The van der Waals surface area contributed by atoms with Gasteiger partial charge in [0.05, 0.1) is 34.7 Å². The monoisotopic (exact) mass is 666 g/mol. The van der Waals surface area contributed by atoms with Crippen molar-refractivity contribution < 1.29 is 0 Å². The number of aliphatic imine (C=N–C) groups is 1. The summed E-state index contributed by atoms with van der Waals surface area (Å²) in [6, 6.07) is 64.7. The quantitative estimate of drug-likeness (QED) is 0.139. The number of benzene rings is 8. The molecule has 0 aliphatic carbocycles. The van der Waals surface area contributed by atoms with Gasteiger partial charge in [0, 0.05) is 38.3 Å². The van der Waals surface area contributed by atoms with Gasteiger partial charge in [-0.2, -0.15) is 0 Å². The van der Waals surface area contributed by atoms with Gasteiger partial charge in [-0.1, -0.05) is 121 Å². The Morgan fingerprint density at radius 1 is 0.481 bits per heavy atom. The molecule has 10 aromatic rings. The topological polar surface area (TPSA) is 48.2 Å². The minimum absolute atomic E-state index is 0.597. The second-order valence-corrected chi connectivity index (χ2v) is 13.4. The summed E-state index contributed by atoms with van der Waals surface area (Å²) >= 11 is 0. The van der Waals surface area contributed by atoms with Crippen LogP contribution in [0.15, 0.2) is 187 Å². The second kappa shape index (κ2) is 12.1. The minimum atomic E-state index is 0.597. The first-order valence-electron chi connectivity index (χ1n) is 17.7. The molecule has 0 atom stereocenters. The van der Waals surface area contributed by atoms with Crippen LogP contribution in [0.3, 0.4) is 0 Å². The lowest BCUT2D eigenvalue weighted by atomic mass is 9.99. The first-order valence-corrected chi connectivity index (χ1v) is 17.7. The van der Waals surface area contributed by atoms with Gasteiger partial charge < -0.3 is 14.9 Å². The number of nitrogen functional groups attached to an aromatic ring is 1. The highest BCUT2D eigenvalue weighted by Gasteiger charge is 2.18. The number of aromatic nitrogens is 2. The first kappa shape index (κ1) is 30.0. The number of rotatable bonds is 6. The van der Waals surface area contributed by atoms with Gasteiger partial charge in [-0.25, -0.2) is 4.99 Å². The summed E-state index contributed by atoms with van der Waals surface area (Å²) in [6.45, 7) is 0.597. The average molecular weight is 667 g/mol. The summed E-state index contributed by atoms with van der Waals surface area (Å²) in [4.78, 5) is 5.15.